The van der Waals surface area contributed by atoms with E-state index in [2.05, 4.69) is 25.2 Å². The highest BCUT2D eigenvalue weighted by Crippen LogP contribution is 2.32. The minimum atomic E-state index is 0.533. The van der Waals surface area contributed by atoms with Crippen LogP contribution in [0.25, 0.3) is 0 Å². The van der Waals surface area contributed by atoms with Crippen LogP contribution in [0.4, 0.5) is 0 Å². The first-order chi connectivity index (χ1) is 9.60. The van der Waals surface area contributed by atoms with Crippen molar-refractivity contribution >= 4 is 23.2 Å². The first-order valence-corrected chi connectivity index (χ1v) is 8.53. The fourth-order valence-electron chi connectivity index (χ4n) is 3.28. The normalized spacial score (nSPS) is 24.6. The number of likely N-dealkylation sites (N-methyl/N-ethyl adjacent to an activating group) is 1. The van der Waals surface area contributed by atoms with Gasteiger partial charge in [0.15, 0.2) is 0 Å². The first kappa shape index (κ1) is 16.1. The summed E-state index contributed by atoms with van der Waals surface area (Å²) in [7, 11) is 0. The van der Waals surface area contributed by atoms with E-state index in [1.54, 1.807) is 0 Å². The molecule has 1 aromatic rings. The highest BCUT2D eigenvalue weighted by atomic mass is 35.5. The average Bonchev–Trinajstić information content (AvgIpc) is 2.42. The van der Waals surface area contributed by atoms with Crippen molar-refractivity contribution in [1.29, 1.82) is 0 Å². The Morgan fingerprint density at radius 3 is 2.50 bits per heavy atom. The molecule has 3 heteroatoms. The fourth-order valence-corrected chi connectivity index (χ4v) is 3.77. The van der Waals surface area contributed by atoms with Gasteiger partial charge in [-0.1, -0.05) is 56.0 Å². The molecule has 0 heterocycles. The number of benzene rings is 1. The number of nitrogens with one attached hydrogen (secondary N) is 1. The second-order valence-corrected chi connectivity index (χ2v) is 6.97. The maximum Gasteiger partial charge on any atom is 0.0453 e. The quantitative estimate of drug-likeness (QED) is 0.773. The summed E-state index contributed by atoms with van der Waals surface area (Å²) in [5.74, 6) is 1.67. The van der Waals surface area contributed by atoms with E-state index in [-0.39, 0.29) is 0 Å². The van der Waals surface area contributed by atoms with Crippen molar-refractivity contribution in [1.82, 2.24) is 5.32 Å². The standard InChI is InChI=1S/C17H25Cl2N/c1-3-20-17(13-6-4-12(2)5-7-13)10-14-8-9-15(18)11-16(14)19/h8-9,11-13,17,20H,3-7,10H2,1-2H3. The van der Waals surface area contributed by atoms with Gasteiger partial charge in [-0.2, -0.15) is 0 Å². The van der Waals surface area contributed by atoms with Crippen LogP contribution in [0.2, 0.25) is 10.0 Å². The van der Waals surface area contributed by atoms with Crippen molar-refractivity contribution in [3.8, 4) is 0 Å². The Balaban J connectivity index is 2.04. The van der Waals surface area contributed by atoms with Crippen LogP contribution in [-0.4, -0.2) is 12.6 Å². The number of hydrogen-bond donors (Lipinski definition) is 1. The smallest absolute Gasteiger partial charge is 0.0453 e. The van der Waals surface area contributed by atoms with Crippen LogP contribution in [0.5, 0.6) is 0 Å². The van der Waals surface area contributed by atoms with Crippen LogP contribution < -0.4 is 5.32 Å². The zero-order valence-corrected chi connectivity index (χ0v) is 14.0. The Labute approximate surface area is 133 Å². The molecule has 0 spiro atoms. The molecule has 1 unspecified atom stereocenters. The third kappa shape index (κ3) is 4.38. The molecule has 1 fully saturated rings. The monoisotopic (exact) mass is 313 g/mol. The summed E-state index contributed by atoms with van der Waals surface area (Å²) in [6.07, 6.45) is 6.40. The van der Waals surface area contributed by atoms with Gasteiger partial charge in [-0.05, 0) is 55.3 Å². The summed E-state index contributed by atoms with van der Waals surface area (Å²) in [4.78, 5) is 0. The number of hydrogen-bond acceptors (Lipinski definition) is 1. The SMILES string of the molecule is CCNC(Cc1ccc(Cl)cc1Cl)C1CCC(C)CC1. The second kappa shape index (κ2) is 7.68. The highest BCUT2D eigenvalue weighted by molar-refractivity contribution is 6.35. The first-order valence-electron chi connectivity index (χ1n) is 7.77. The zero-order chi connectivity index (χ0) is 14.5. The van der Waals surface area contributed by atoms with Crippen molar-refractivity contribution in [3.63, 3.8) is 0 Å². The van der Waals surface area contributed by atoms with Gasteiger partial charge in [-0.15, -0.1) is 0 Å². The number of rotatable bonds is 5. The molecule has 0 saturated heterocycles. The lowest BCUT2D eigenvalue weighted by atomic mass is 9.77. The van der Waals surface area contributed by atoms with Gasteiger partial charge in [0.25, 0.3) is 0 Å². The molecular weight excluding hydrogens is 289 g/mol. The molecule has 1 aliphatic rings. The average molecular weight is 314 g/mol. The highest BCUT2D eigenvalue weighted by Gasteiger charge is 2.26. The molecule has 1 aliphatic carbocycles. The fraction of sp³-hybridized carbons (Fsp3) is 0.647. The lowest BCUT2D eigenvalue weighted by Crippen LogP contribution is -2.39. The van der Waals surface area contributed by atoms with Crippen LogP contribution >= 0.6 is 23.2 Å². The summed E-state index contributed by atoms with van der Waals surface area (Å²) in [6.45, 7) is 5.57. The van der Waals surface area contributed by atoms with Crippen molar-refractivity contribution in [2.75, 3.05) is 6.54 Å². The van der Waals surface area contributed by atoms with E-state index in [4.69, 9.17) is 23.2 Å². The molecule has 1 saturated carbocycles. The Hall–Kier alpha value is -0.240. The Bertz CT molecular complexity index is 425. The number of halogens is 2. The Kier molecular flexibility index (Phi) is 6.20. The molecule has 0 bridgehead atoms. The van der Waals surface area contributed by atoms with Crippen LogP contribution in [0.1, 0.15) is 45.1 Å². The van der Waals surface area contributed by atoms with Crippen LogP contribution in [0.15, 0.2) is 18.2 Å². The van der Waals surface area contributed by atoms with Crippen molar-refractivity contribution in [2.45, 2.75) is 52.0 Å². The molecule has 1 aromatic carbocycles. The zero-order valence-electron chi connectivity index (χ0n) is 12.5. The maximum atomic E-state index is 6.32. The van der Waals surface area contributed by atoms with Crippen LogP contribution in [0.3, 0.4) is 0 Å². The summed E-state index contributed by atoms with van der Waals surface area (Å²) in [5.41, 5.74) is 1.21. The van der Waals surface area contributed by atoms with Gasteiger partial charge in [0.05, 0.1) is 0 Å². The molecular formula is C17H25Cl2N. The molecule has 1 N–H and O–H groups in total. The van der Waals surface area contributed by atoms with Gasteiger partial charge in [-0.25, -0.2) is 0 Å². The molecule has 0 aliphatic heterocycles. The molecule has 1 atom stereocenters. The predicted octanol–water partition coefficient (Wildman–Crippen LogP) is 5.34. The topological polar surface area (TPSA) is 12.0 Å². The van der Waals surface area contributed by atoms with Crippen LogP contribution in [0, 0.1) is 11.8 Å². The molecule has 2 rings (SSSR count). The van der Waals surface area contributed by atoms with E-state index in [0.29, 0.717) is 11.1 Å². The van der Waals surface area contributed by atoms with Gasteiger partial charge in [0, 0.05) is 16.1 Å². The molecule has 112 valence electrons. The maximum absolute atomic E-state index is 6.32. The molecule has 0 amide bonds. The Morgan fingerprint density at radius 1 is 1.20 bits per heavy atom. The third-order valence-corrected chi connectivity index (χ3v) is 5.14. The minimum Gasteiger partial charge on any atom is -0.314 e. The van der Waals surface area contributed by atoms with E-state index in [1.807, 2.05) is 12.1 Å². The summed E-state index contributed by atoms with van der Waals surface area (Å²) < 4.78 is 0. The second-order valence-electron chi connectivity index (χ2n) is 6.12. The lowest BCUT2D eigenvalue weighted by Gasteiger charge is -2.33. The van der Waals surface area contributed by atoms with Crippen molar-refractivity contribution in [3.05, 3.63) is 33.8 Å². The van der Waals surface area contributed by atoms with E-state index < -0.39 is 0 Å². The molecule has 0 aromatic heterocycles. The summed E-state index contributed by atoms with van der Waals surface area (Å²) >= 11 is 12.3. The van der Waals surface area contributed by atoms with E-state index in [0.717, 1.165) is 29.8 Å². The molecule has 1 nitrogen and oxygen atoms in total. The van der Waals surface area contributed by atoms with E-state index in [1.165, 1.54) is 31.2 Å². The van der Waals surface area contributed by atoms with Gasteiger partial charge in [0.2, 0.25) is 0 Å². The third-order valence-electron chi connectivity index (χ3n) is 4.55. The van der Waals surface area contributed by atoms with Gasteiger partial charge < -0.3 is 5.32 Å². The summed E-state index contributed by atoms with van der Waals surface area (Å²) in [6, 6.07) is 6.39. The molecule has 20 heavy (non-hydrogen) atoms. The summed E-state index contributed by atoms with van der Waals surface area (Å²) in [5, 5.41) is 5.17. The van der Waals surface area contributed by atoms with Crippen molar-refractivity contribution in [2.24, 2.45) is 11.8 Å². The predicted molar refractivity (Wildman–Crippen MR) is 88.8 cm³/mol. The molecule has 0 radical (unpaired) electrons. The van der Waals surface area contributed by atoms with E-state index in [9.17, 15) is 0 Å². The van der Waals surface area contributed by atoms with E-state index >= 15 is 0 Å². The largest absolute Gasteiger partial charge is 0.314 e. The van der Waals surface area contributed by atoms with Gasteiger partial charge in [0.1, 0.15) is 0 Å². The van der Waals surface area contributed by atoms with Gasteiger partial charge >= 0.3 is 0 Å². The van der Waals surface area contributed by atoms with Gasteiger partial charge in [-0.3, -0.25) is 0 Å². The van der Waals surface area contributed by atoms with Crippen LogP contribution in [-0.2, 0) is 6.42 Å². The van der Waals surface area contributed by atoms with Crippen molar-refractivity contribution < 1.29 is 0 Å². The Morgan fingerprint density at radius 2 is 1.90 bits per heavy atom. The lowest BCUT2D eigenvalue weighted by molar-refractivity contribution is 0.230. The minimum absolute atomic E-state index is 0.533.